The lowest BCUT2D eigenvalue weighted by atomic mass is 10.2. The molecule has 0 atom stereocenters. The Hall–Kier alpha value is -1.58. The first-order valence-corrected chi connectivity index (χ1v) is 5.08. The largest absolute Gasteiger partial charge is 0.480 e. The molecule has 2 rings (SSSR count). The normalized spacial score (nSPS) is 9.67. The number of fused-ring (bicyclic) bond motifs is 1. The fourth-order valence-electron chi connectivity index (χ4n) is 1.40. The highest BCUT2D eigenvalue weighted by atomic mass is 16.5. The third-order valence-electron chi connectivity index (χ3n) is 2.00. The van der Waals surface area contributed by atoms with E-state index in [1.54, 1.807) is 7.11 Å². The second-order valence-electron chi connectivity index (χ2n) is 2.98. The van der Waals surface area contributed by atoms with Gasteiger partial charge in [-0.2, -0.15) is 4.98 Å². The predicted molar refractivity (Wildman–Crippen MR) is 61.3 cm³/mol. The summed E-state index contributed by atoms with van der Waals surface area (Å²) in [5, 5.41) is 0.966. The van der Waals surface area contributed by atoms with Gasteiger partial charge in [0.05, 0.1) is 12.5 Å². The van der Waals surface area contributed by atoms with Crippen LogP contribution in [-0.2, 0) is 0 Å². The molecule has 1 N–H and O–H groups in total. The third-order valence-corrected chi connectivity index (χ3v) is 2.00. The second kappa shape index (κ2) is 4.77. The van der Waals surface area contributed by atoms with Crippen molar-refractivity contribution in [3.63, 3.8) is 0 Å². The van der Waals surface area contributed by atoms with Crippen LogP contribution in [0.15, 0.2) is 6.20 Å². The van der Waals surface area contributed by atoms with Crippen LogP contribution in [0.4, 0.5) is 0 Å². The molecule has 2 heterocycles. The van der Waals surface area contributed by atoms with Gasteiger partial charge in [-0.25, -0.2) is 4.98 Å². The fourth-order valence-corrected chi connectivity index (χ4v) is 1.40. The quantitative estimate of drug-likeness (QED) is 0.782. The molecule has 0 aromatic carbocycles. The van der Waals surface area contributed by atoms with Gasteiger partial charge in [0.25, 0.3) is 0 Å². The molecule has 4 heteroatoms. The molecule has 82 valence electrons. The number of hydrogen-bond donors (Lipinski definition) is 1. The van der Waals surface area contributed by atoms with Crippen LogP contribution in [0.1, 0.15) is 25.2 Å². The van der Waals surface area contributed by atoms with Crippen LogP contribution in [0.2, 0.25) is 0 Å². The summed E-state index contributed by atoms with van der Waals surface area (Å²) in [5.74, 6) is 1.35. The first kappa shape index (κ1) is 11.5. The number of nitrogens with zero attached hydrogens (tertiary/aromatic N) is 2. The van der Waals surface area contributed by atoms with E-state index in [2.05, 4.69) is 15.0 Å². The number of methoxy groups -OCH3 is 1. The van der Waals surface area contributed by atoms with Crippen molar-refractivity contribution in [2.75, 3.05) is 7.11 Å². The Bertz CT molecular complexity index is 448. The zero-order valence-corrected chi connectivity index (χ0v) is 9.88. The SMILES string of the molecule is CC.COc1nc(C)nc2[nH]cc(C)c12. The van der Waals surface area contributed by atoms with E-state index in [0.717, 1.165) is 16.6 Å². The van der Waals surface area contributed by atoms with Crippen molar-refractivity contribution in [1.29, 1.82) is 0 Å². The Morgan fingerprint density at radius 2 is 1.87 bits per heavy atom. The molecule has 0 unspecified atom stereocenters. The molecule has 2 aromatic heterocycles. The fraction of sp³-hybridized carbons (Fsp3) is 0.455. The summed E-state index contributed by atoms with van der Waals surface area (Å²) in [7, 11) is 1.62. The van der Waals surface area contributed by atoms with Gasteiger partial charge in [-0.3, -0.25) is 0 Å². The molecule has 0 bridgehead atoms. The maximum atomic E-state index is 5.18. The summed E-state index contributed by atoms with van der Waals surface area (Å²) >= 11 is 0. The van der Waals surface area contributed by atoms with Gasteiger partial charge in [0.15, 0.2) is 0 Å². The smallest absolute Gasteiger partial charge is 0.226 e. The van der Waals surface area contributed by atoms with E-state index in [4.69, 9.17) is 4.74 Å². The lowest BCUT2D eigenvalue weighted by molar-refractivity contribution is 0.401. The van der Waals surface area contributed by atoms with E-state index in [-0.39, 0.29) is 0 Å². The molecular weight excluding hydrogens is 190 g/mol. The van der Waals surface area contributed by atoms with Gasteiger partial charge in [0, 0.05) is 6.20 Å². The summed E-state index contributed by atoms with van der Waals surface area (Å²) in [5.41, 5.74) is 1.94. The monoisotopic (exact) mass is 207 g/mol. The Labute approximate surface area is 89.7 Å². The number of ether oxygens (including phenoxy) is 1. The van der Waals surface area contributed by atoms with Crippen molar-refractivity contribution >= 4 is 11.0 Å². The summed E-state index contributed by atoms with van der Waals surface area (Å²) in [4.78, 5) is 11.5. The molecule has 0 spiro atoms. The van der Waals surface area contributed by atoms with Gasteiger partial charge in [-0.1, -0.05) is 13.8 Å². The summed E-state index contributed by atoms with van der Waals surface area (Å²) in [6.45, 7) is 7.85. The number of hydrogen-bond acceptors (Lipinski definition) is 3. The molecule has 15 heavy (non-hydrogen) atoms. The maximum Gasteiger partial charge on any atom is 0.226 e. The zero-order chi connectivity index (χ0) is 11.4. The van der Waals surface area contributed by atoms with E-state index in [0.29, 0.717) is 11.7 Å². The molecule has 0 aliphatic carbocycles. The average Bonchev–Trinajstić information content (AvgIpc) is 2.62. The standard InChI is InChI=1S/C9H11N3O.C2H6/c1-5-4-10-8-7(5)9(13-3)12-6(2)11-8;1-2/h4H,1-3H3,(H,10,11,12);1-2H3. The average molecular weight is 207 g/mol. The van der Waals surface area contributed by atoms with E-state index in [1.165, 1.54) is 0 Å². The molecule has 0 aliphatic rings. The molecular formula is C11H17N3O. The van der Waals surface area contributed by atoms with Crippen LogP contribution in [0.5, 0.6) is 5.88 Å². The molecule has 2 aromatic rings. The van der Waals surface area contributed by atoms with Crippen LogP contribution in [0.25, 0.3) is 11.0 Å². The third kappa shape index (κ3) is 2.09. The van der Waals surface area contributed by atoms with Gasteiger partial charge in [-0.15, -0.1) is 0 Å². The number of aryl methyl sites for hydroxylation is 2. The van der Waals surface area contributed by atoms with Crippen molar-refractivity contribution in [1.82, 2.24) is 15.0 Å². The van der Waals surface area contributed by atoms with Crippen LogP contribution >= 0.6 is 0 Å². The molecule has 0 fully saturated rings. The molecule has 4 nitrogen and oxygen atoms in total. The lowest BCUT2D eigenvalue weighted by Gasteiger charge is -2.01. The number of aromatic amines is 1. The molecule has 0 saturated heterocycles. The highest BCUT2D eigenvalue weighted by molar-refractivity contribution is 5.84. The highest BCUT2D eigenvalue weighted by Gasteiger charge is 2.09. The van der Waals surface area contributed by atoms with E-state index < -0.39 is 0 Å². The molecule has 0 amide bonds. The summed E-state index contributed by atoms with van der Waals surface area (Å²) in [6, 6.07) is 0. The topological polar surface area (TPSA) is 50.8 Å². The Kier molecular flexibility index (Phi) is 3.66. The summed E-state index contributed by atoms with van der Waals surface area (Å²) in [6.07, 6.45) is 1.90. The minimum atomic E-state index is 0.640. The van der Waals surface area contributed by atoms with Gasteiger partial charge in [0.2, 0.25) is 5.88 Å². The van der Waals surface area contributed by atoms with Crippen molar-refractivity contribution in [2.45, 2.75) is 27.7 Å². The predicted octanol–water partition coefficient (Wildman–Crippen LogP) is 2.61. The Morgan fingerprint density at radius 3 is 2.47 bits per heavy atom. The number of aromatic nitrogens is 3. The van der Waals surface area contributed by atoms with E-state index in [1.807, 2.05) is 33.9 Å². The minimum absolute atomic E-state index is 0.640. The van der Waals surface area contributed by atoms with Crippen LogP contribution in [0, 0.1) is 13.8 Å². The van der Waals surface area contributed by atoms with Crippen molar-refractivity contribution in [3.8, 4) is 5.88 Å². The molecule has 0 radical (unpaired) electrons. The van der Waals surface area contributed by atoms with Gasteiger partial charge >= 0.3 is 0 Å². The maximum absolute atomic E-state index is 5.18. The van der Waals surface area contributed by atoms with Gasteiger partial charge < -0.3 is 9.72 Å². The number of nitrogens with one attached hydrogen (secondary N) is 1. The van der Waals surface area contributed by atoms with Crippen molar-refractivity contribution in [2.24, 2.45) is 0 Å². The van der Waals surface area contributed by atoms with Crippen molar-refractivity contribution < 1.29 is 4.74 Å². The van der Waals surface area contributed by atoms with Crippen LogP contribution in [-0.4, -0.2) is 22.1 Å². The molecule has 0 saturated carbocycles. The van der Waals surface area contributed by atoms with E-state index >= 15 is 0 Å². The Morgan fingerprint density at radius 1 is 1.20 bits per heavy atom. The van der Waals surface area contributed by atoms with E-state index in [9.17, 15) is 0 Å². The van der Waals surface area contributed by atoms with Crippen LogP contribution < -0.4 is 4.74 Å². The molecule has 0 aliphatic heterocycles. The first-order chi connectivity index (χ1) is 7.22. The highest BCUT2D eigenvalue weighted by Crippen LogP contribution is 2.24. The Balaban J connectivity index is 0.000000531. The lowest BCUT2D eigenvalue weighted by Crippen LogP contribution is -1.94. The summed E-state index contributed by atoms with van der Waals surface area (Å²) < 4.78 is 5.18. The number of rotatable bonds is 1. The number of H-pyrrole nitrogens is 1. The van der Waals surface area contributed by atoms with Crippen molar-refractivity contribution in [3.05, 3.63) is 17.6 Å². The minimum Gasteiger partial charge on any atom is -0.480 e. The van der Waals surface area contributed by atoms with Gasteiger partial charge in [-0.05, 0) is 19.4 Å². The second-order valence-corrected chi connectivity index (χ2v) is 2.98. The first-order valence-electron chi connectivity index (χ1n) is 5.08. The van der Waals surface area contributed by atoms with Gasteiger partial charge in [0.1, 0.15) is 11.5 Å². The zero-order valence-electron chi connectivity index (χ0n) is 9.88. The van der Waals surface area contributed by atoms with Crippen LogP contribution in [0.3, 0.4) is 0 Å².